The van der Waals surface area contributed by atoms with Gasteiger partial charge in [0.05, 0.1) is 5.56 Å². The van der Waals surface area contributed by atoms with E-state index in [0.29, 0.717) is 10.6 Å². The van der Waals surface area contributed by atoms with Gasteiger partial charge in [-0.2, -0.15) is 13.2 Å². The van der Waals surface area contributed by atoms with Crippen LogP contribution in [0.1, 0.15) is 37.6 Å². The molecule has 1 aromatic heterocycles. The number of benzene rings is 2. The molecule has 0 aliphatic carbocycles. The van der Waals surface area contributed by atoms with Gasteiger partial charge in [0.2, 0.25) is 5.13 Å². The summed E-state index contributed by atoms with van der Waals surface area (Å²) < 4.78 is 39.7. The van der Waals surface area contributed by atoms with E-state index in [4.69, 9.17) is 11.6 Å². The molecule has 0 atom stereocenters. The van der Waals surface area contributed by atoms with Crippen LogP contribution in [-0.2, 0) is 25.6 Å². The number of alkyl halides is 3. The van der Waals surface area contributed by atoms with Crippen molar-refractivity contribution >= 4 is 34.0 Å². The number of amides is 1. The predicted octanol–water partition coefficient (Wildman–Crippen LogP) is 4.70. The molecule has 0 saturated heterocycles. The zero-order chi connectivity index (χ0) is 21.3. The van der Waals surface area contributed by atoms with Crippen LogP contribution in [-0.4, -0.2) is 22.6 Å². The Bertz CT molecular complexity index is 1100. The molecule has 0 saturated carbocycles. The standard InChI is InChI=1S/C20H16ClF3N4OS/c21-15-3-4-16(20(22,23)24)14(8-15)9-17-27-28-19(30-17)26-18(29)12-1-2-13-10-25-6-5-11(13)7-12/h1-4,7-8,25H,5-6,9-10H2,(H,26,28,29). The van der Waals surface area contributed by atoms with Gasteiger partial charge in [0.25, 0.3) is 5.91 Å². The summed E-state index contributed by atoms with van der Waals surface area (Å²) in [6.45, 7) is 1.64. The van der Waals surface area contributed by atoms with Gasteiger partial charge < -0.3 is 5.32 Å². The van der Waals surface area contributed by atoms with Gasteiger partial charge in [0, 0.05) is 23.6 Å². The number of carbonyl (C=O) groups is 1. The Morgan fingerprint density at radius 1 is 1.17 bits per heavy atom. The quantitative estimate of drug-likeness (QED) is 0.602. The van der Waals surface area contributed by atoms with Gasteiger partial charge in [0.15, 0.2) is 0 Å². The number of hydrogen-bond donors (Lipinski definition) is 2. The molecule has 2 aromatic carbocycles. The minimum absolute atomic E-state index is 0.00678. The minimum Gasteiger partial charge on any atom is -0.312 e. The number of rotatable bonds is 4. The normalized spacial score (nSPS) is 13.7. The van der Waals surface area contributed by atoms with E-state index in [-0.39, 0.29) is 28.0 Å². The van der Waals surface area contributed by atoms with E-state index in [0.717, 1.165) is 48.0 Å². The van der Waals surface area contributed by atoms with E-state index in [9.17, 15) is 18.0 Å². The second-order valence-corrected chi connectivity index (χ2v) is 8.34. The zero-order valence-electron chi connectivity index (χ0n) is 15.5. The van der Waals surface area contributed by atoms with Crippen LogP contribution >= 0.6 is 22.9 Å². The molecule has 1 amide bonds. The molecule has 0 fully saturated rings. The Labute approximate surface area is 179 Å². The highest BCUT2D eigenvalue weighted by Gasteiger charge is 2.33. The molecule has 10 heteroatoms. The van der Waals surface area contributed by atoms with Crippen LogP contribution in [0.2, 0.25) is 5.02 Å². The molecule has 30 heavy (non-hydrogen) atoms. The molecule has 0 unspecified atom stereocenters. The second-order valence-electron chi connectivity index (χ2n) is 6.84. The first-order valence-electron chi connectivity index (χ1n) is 9.11. The third-order valence-electron chi connectivity index (χ3n) is 4.76. The number of nitrogens with zero attached hydrogens (tertiary/aromatic N) is 2. The topological polar surface area (TPSA) is 66.9 Å². The highest BCUT2D eigenvalue weighted by Crippen LogP contribution is 2.35. The lowest BCUT2D eigenvalue weighted by atomic mass is 9.98. The van der Waals surface area contributed by atoms with Crippen molar-refractivity contribution in [1.82, 2.24) is 15.5 Å². The molecule has 0 bridgehead atoms. The number of nitrogens with one attached hydrogen (secondary N) is 2. The lowest BCUT2D eigenvalue weighted by molar-refractivity contribution is -0.138. The highest BCUT2D eigenvalue weighted by atomic mass is 35.5. The molecule has 3 aromatic rings. The van der Waals surface area contributed by atoms with Crippen molar-refractivity contribution < 1.29 is 18.0 Å². The summed E-state index contributed by atoms with van der Waals surface area (Å²) >= 11 is 6.89. The molecule has 1 aliphatic heterocycles. The molecule has 5 nitrogen and oxygen atoms in total. The van der Waals surface area contributed by atoms with Crippen LogP contribution < -0.4 is 10.6 Å². The van der Waals surface area contributed by atoms with Crippen molar-refractivity contribution in [3.05, 3.63) is 74.2 Å². The smallest absolute Gasteiger partial charge is 0.312 e. The summed E-state index contributed by atoms with van der Waals surface area (Å²) in [5.74, 6) is -0.335. The Hall–Kier alpha value is -2.49. The molecule has 156 valence electrons. The van der Waals surface area contributed by atoms with Crippen LogP contribution in [0, 0.1) is 0 Å². The molecule has 2 heterocycles. The van der Waals surface area contributed by atoms with Gasteiger partial charge in [0.1, 0.15) is 5.01 Å². The number of carbonyl (C=O) groups excluding carboxylic acids is 1. The summed E-state index contributed by atoms with van der Waals surface area (Å²) in [5, 5.41) is 14.5. The first-order valence-corrected chi connectivity index (χ1v) is 10.3. The van der Waals surface area contributed by atoms with E-state index < -0.39 is 11.7 Å². The lowest BCUT2D eigenvalue weighted by Gasteiger charge is -2.17. The monoisotopic (exact) mass is 452 g/mol. The van der Waals surface area contributed by atoms with Crippen molar-refractivity contribution in [2.45, 2.75) is 25.6 Å². The second kappa shape index (κ2) is 8.33. The maximum atomic E-state index is 13.2. The summed E-state index contributed by atoms with van der Waals surface area (Å²) in [7, 11) is 0. The molecular weight excluding hydrogens is 437 g/mol. The number of halogens is 4. The van der Waals surface area contributed by atoms with Gasteiger partial charge in [-0.3, -0.25) is 10.1 Å². The van der Waals surface area contributed by atoms with Gasteiger partial charge in [-0.25, -0.2) is 0 Å². The minimum atomic E-state index is -4.50. The fraction of sp³-hybridized carbons (Fsp3) is 0.250. The summed E-state index contributed by atoms with van der Waals surface area (Å²) in [5.41, 5.74) is 2.03. The maximum Gasteiger partial charge on any atom is 0.416 e. The van der Waals surface area contributed by atoms with Crippen molar-refractivity contribution in [1.29, 1.82) is 0 Å². The molecule has 2 N–H and O–H groups in total. The molecule has 0 radical (unpaired) electrons. The highest BCUT2D eigenvalue weighted by molar-refractivity contribution is 7.15. The third kappa shape index (κ3) is 4.63. The number of aromatic nitrogens is 2. The maximum absolute atomic E-state index is 13.2. The average Bonchev–Trinajstić information content (AvgIpc) is 3.13. The number of fused-ring (bicyclic) bond motifs is 1. The average molecular weight is 453 g/mol. The Morgan fingerprint density at radius 2 is 2.00 bits per heavy atom. The van der Waals surface area contributed by atoms with E-state index in [1.807, 2.05) is 12.1 Å². The first kappa shape index (κ1) is 20.8. The van der Waals surface area contributed by atoms with E-state index in [2.05, 4.69) is 20.8 Å². The summed E-state index contributed by atoms with van der Waals surface area (Å²) in [6, 6.07) is 8.94. The molecule has 1 aliphatic rings. The lowest BCUT2D eigenvalue weighted by Crippen LogP contribution is -2.24. The molecular formula is C20H16ClF3N4OS. The Morgan fingerprint density at radius 3 is 2.80 bits per heavy atom. The van der Waals surface area contributed by atoms with Crippen LogP contribution in [0.3, 0.4) is 0 Å². The van der Waals surface area contributed by atoms with Crippen LogP contribution in [0.25, 0.3) is 0 Å². The number of hydrogen-bond acceptors (Lipinski definition) is 5. The van der Waals surface area contributed by atoms with Gasteiger partial charge >= 0.3 is 6.18 Å². The van der Waals surface area contributed by atoms with Crippen molar-refractivity contribution in [3.8, 4) is 0 Å². The van der Waals surface area contributed by atoms with E-state index in [1.54, 1.807) is 6.07 Å². The fourth-order valence-electron chi connectivity index (χ4n) is 3.31. The van der Waals surface area contributed by atoms with Crippen LogP contribution in [0.4, 0.5) is 18.3 Å². The summed E-state index contributed by atoms with van der Waals surface area (Å²) in [4.78, 5) is 12.5. The van der Waals surface area contributed by atoms with Gasteiger partial charge in [-0.15, -0.1) is 10.2 Å². The Balaban J connectivity index is 1.49. The van der Waals surface area contributed by atoms with E-state index >= 15 is 0 Å². The molecule has 0 spiro atoms. The third-order valence-corrected chi connectivity index (χ3v) is 5.83. The fourth-order valence-corrected chi connectivity index (χ4v) is 4.26. The SMILES string of the molecule is O=C(Nc1nnc(Cc2cc(Cl)ccc2C(F)(F)F)s1)c1ccc2c(c1)CCNC2. The Kier molecular flexibility index (Phi) is 5.77. The van der Waals surface area contributed by atoms with Crippen molar-refractivity contribution in [3.63, 3.8) is 0 Å². The molecule has 4 rings (SSSR count). The van der Waals surface area contributed by atoms with Crippen LogP contribution in [0.5, 0.6) is 0 Å². The summed E-state index contributed by atoms with van der Waals surface area (Å²) in [6.07, 6.45) is -3.74. The van der Waals surface area contributed by atoms with E-state index in [1.165, 1.54) is 12.1 Å². The first-order chi connectivity index (χ1) is 14.3. The largest absolute Gasteiger partial charge is 0.416 e. The van der Waals surface area contributed by atoms with Gasteiger partial charge in [-0.05, 0) is 60.0 Å². The van der Waals surface area contributed by atoms with Gasteiger partial charge in [-0.1, -0.05) is 29.0 Å². The van der Waals surface area contributed by atoms with Crippen molar-refractivity contribution in [2.24, 2.45) is 0 Å². The zero-order valence-corrected chi connectivity index (χ0v) is 17.1. The van der Waals surface area contributed by atoms with Crippen LogP contribution in [0.15, 0.2) is 36.4 Å². The predicted molar refractivity (Wildman–Crippen MR) is 109 cm³/mol. The number of anilines is 1. The van der Waals surface area contributed by atoms with Crippen molar-refractivity contribution in [2.75, 3.05) is 11.9 Å².